The third kappa shape index (κ3) is 3.78. The summed E-state index contributed by atoms with van der Waals surface area (Å²) in [7, 11) is 0. The standard InChI is InChI=1S/C25H21N5OS/c1-17-7-13-21(14-8-17)29-24(26-27-25(29)32)30-23(31)16-15-22(28-30)20-11-9-19(10-12-20)18-5-3-2-4-6-18/h2-14H,15-16H2,1H3,(H,27,32). The Hall–Kier alpha value is -3.84. The Labute approximate surface area is 190 Å². The van der Waals surface area contributed by atoms with Gasteiger partial charge in [0, 0.05) is 12.8 Å². The van der Waals surface area contributed by atoms with Crippen LogP contribution >= 0.6 is 12.2 Å². The van der Waals surface area contributed by atoms with E-state index in [9.17, 15) is 4.79 Å². The summed E-state index contributed by atoms with van der Waals surface area (Å²) in [6.45, 7) is 2.02. The van der Waals surface area contributed by atoms with Gasteiger partial charge in [0.15, 0.2) is 0 Å². The van der Waals surface area contributed by atoms with Gasteiger partial charge in [0.25, 0.3) is 11.9 Å². The Kier molecular flexibility index (Phi) is 5.25. The highest BCUT2D eigenvalue weighted by Crippen LogP contribution is 2.25. The van der Waals surface area contributed by atoms with Crippen molar-refractivity contribution in [1.82, 2.24) is 14.8 Å². The molecule has 6 nitrogen and oxygen atoms in total. The second-order valence-electron chi connectivity index (χ2n) is 7.70. The summed E-state index contributed by atoms with van der Waals surface area (Å²) in [5.41, 5.74) is 6.09. The monoisotopic (exact) mass is 439 g/mol. The average Bonchev–Trinajstić information content (AvgIpc) is 3.22. The molecule has 0 bridgehead atoms. The maximum absolute atomic E-state index is 12.8. The summed E-state index contributed by atoms with van der Waals surface area (Å²) >= 11 is 5.44. The van der Waals surface area contributed by atoms with Gasteiger partial charge in [-0.25, -0.2) is 5.10 Å². The fourth-order valence-corrected chi connectivity index (χ4v) is 3.99. The van der Waals surface area contributed by atoms with Crippen molar-refractivity contribution in [2.45, 2.75) is 19.8 Å². The van der Waals surface area contributed by atoms with Crippen LogP contribution in [0.15, 0.2) is 84.0 Å². The van der Waals surface area contributed by atoms with Crippen LogP contribution in [0.5, 0.6) is 0 Å². The molecule has 3 aromatic carbocycles. The summed E-state index contributed by atoms with van der Waals surface area (Å²) < 4.78 is 2.14. The summed E-state index contributed by atoms with van der Waals surface area (Å²) in [6.07, 6.45) is 0.933. The average molecular weight is 440 g/mol. The zero-order valence-electron chi connectivity index (χ0n) is 17.5. The van der Waals surface area contributed by atoms with E-state index in [1.165, 1.54) is 5.01 Å². The van der Waals surface area contributed by atoms with E-state index in [1.807, 2.05) is 61.5 Å². The van der Waals surface area contributed by atoms with Gasteiger partial charge in [0.1, 0.15) is 0 Å². The first-order chi connectivity index (χ1) is 15.6. The topological polar surface area (TPSA) is 66.3 Å². The van der Waals surface area contributed by atoms with Gasteiger partial charge in [-0.3, -0.25) is 9.36 Å². The number of carbonyl (C=O) groups is 1. The van der Waals surface area contributed by atoms with Crippen LogP contribution in [0.4, 0.5) is 5.95 Å². The molecular formula is C25H21N5OS. The quantitative estimate of drug-likeness (QED) is 0.431. The zero-order chi connectivity index (χ0) is 22.1. The van der Waals surface area contributed by atoms with Crippen molar-refractivity contribution in [3.05, 3.63) is 94.8 Å². The third-order valence-corrected chi connectivity index (χ3v) is 5.77. The van der Waals surface area contributed by atoms with E-state index in [1.54, 1.807) is 4.57 Å². The molecule has 1 N–H and O–H groups in total. The third-order valence-electron chi connectivity index (χ3n) is 5.49. The van der Waals surface area contributed by atoms with Gasteiger partial charge in [0.05, 0.1) is 11.4 Å². The van der Waals surface area contributed by atoms with Crippen LogP contribution < -0.4 is 5.01 Å². The predicted molar refractivity (Wildman–Crippen MR) is 129 cm³/mol. The molecule has 1 amide bonds. The van der Waals surface area contributed by atoms with E-state index in [-0.39, 0.29) is 5.91 Å². The fraction of sp³-hybridized carbons (Fsp3) is 0.120. The van der Waals surface area contributed by atoms with Crippen molar-refractivity contribution in [2.75, 3.05) is 5.01 Å². The number of aromatic nitrogens is 3. The number of nitrogens with one attached hydrogen (secondary N) is 1. The second-order valence-corrected chi connectivity index (χ2v) is 8.08. The van der Waals surface area contributed by atoms with Crippen molar-refractivity contribution < 1.29 is 4.79 Å². The number of hydrogen-bond donors (Lipinski definition) is 1. The molecule has 0 unspecified atom stereocenters. The number of aryl methyl sites for hydroxylation is 1. The minimum Gasteiger partial charge on any atom is -0.272 e. The molecule has 0 aliphatic carbocycles. The predicted octanol–water partition coefficient (Wildman–Crippen LogP) is 5.44. The van der Waals surface area contributed by atoms with Crippen LogP contribution in [0, 0.1) is 11.7 Å². The maximum atomic E-state index is 12.8. The number of hydrazone groups is 1. The van der Waals surface area contributed by atoms with Crippen LogP contribution in [-0.4, -0.2) is 26.4 Å². The number of aromatic amines is 1. The minimum atomic E-state index is -0.114. The molecule has 5 rings (SSSR count). The van der Waals surface area contributed by atoms with Crippen LogP contribution in [0.3, 0.4) is 0 Å². The molecule has 0 saturated heterocycles. The minimum absolute atomic E-state index is 0.114. The Morgan fingerprint density at radius 1 is 0.844 bits per heavy atom. The number of nitrogens with zero attached hydrogens (tertiary/aromatic N) is 4. The molecule has 32 heavy (non-hydrogen) atoms. The van der Waals surface area contributed by atoms with E-state index in [0.29, 0.717) is 23.6 Å². The largest absolute Gasteiger partial charge is 0.272 e. The SMILES string of the molecule is Cc1ccc(-n2c(N3N=C(c4ccc(-c5ccccc5)cc4)CCC3=O)n[nH]c2=S)cc1. The first-order valence-electron chi connectivity index (χ1n) is 10.4. The molecule has 0 fully saturated rings. The fourth-order valence-electron chi connectivity index (χ4n) is 3.76. The normalized spacial score (nSPS) is 13.8. The second kappa shape index (κ2) is 8.36. The summed E-state index contributed by atoms with van der Waals surface area (Å²) in [5.74, 6) is 0.249. The van der Waals surface area contributed by atoms with Gasteiger partial charge in [-0.05, 0) is 48.0 Å². The number of carbonyl (C=O) groups excluding carboxylic acids is 1. The van der Waals surface area contributed by atoms with Crippen molar-refractivity contribution >= 4 is 29.8 Å². The van der Waals surface area contributed by atoms with Crippen molar-refractivity contribution in [2.24, 2.45) is 5.10 Å². The maximum Gasteiger partial charge on any atom is 0.258 e. The van der Waals surface area contributed by atoms with E-state index in [4.69, 9.17) is 12.2 Å². The highest BCUT2D eigenvalue weighted by atomic mass is 32.1. The van der Waals surface area contributed by atoms with Crippen LogP contribution in [0.1, 0.15) is 24.0 Å². The van der Waals surface area contributed by atoms with E-state index in [2.05, 4.69) is 39.6 Å². The first kappa shape index (κ1) is 20.1. The zero-order valence-corrected chi connectivity index (χ0v) is 18.3. The lowest BCUT2D eigenvalue weighted by atomic mass is 10.00. The Morgan fingerprint density at radius 3 is 2.22 bits per heavy atom. The number of rotatable bonds is 4. The van der Waals surface area contributed by atoms with Gasteiger partial charge in [-0.2, -0.15) is 10.1 Å². The van der Waals surface area contributed by atoms with Crippen LogP contribution in [-0.2, 0) is 4.79 Å². The summed E-state index contributed by atoms with van der Waals surface area (Å²) in [5, 5.41) is 13.1. The number of anilines is 1. The van der Waals surface area contributed by atoms with Gasteiger partial charge < -0.3 is 0 Å². The molecule has 1 aliphatic heterocycles. The number of benzene rings is 3. The molecule has 0 atom stereocenters. The van der Waals surface area contributed by atoms with E-state index >= 15 is 0 Å². The Balaban J connectivity index is 1.51. The van der Waals surface area contributed by atoms with E-state index in [0.717, 1.165) is 33.7 Å². The molecule has 158 valence electrons. The van der Waals surface area contributed by atoms with Crippen LogP contribution in [0.25, 0.3) is 16.8 Å². The Bertz CT molecular complexity index is 1350. The highest BCUT2D eigenvalue weighted by molar-refractivity contribution is 7.71. The van der Waals surface area contributed by atoms with Crippen molar-refractivity contribution in [3.63, 3.8) is 0 Å². The van der Waals surface area contributed by atoms with Crippen molar-refractivity contribution in [3.8, 4) is 16.8 Å². The molecule has 4 aromatic rings. The summed E-state index contributed by atoms with van der Waals surface area (Å²) in [6, 6.07) is 26.4. The Morgan fingerprint density at radius 2 is 1.50 bits per heavy atom. The van der Waals surface area contributed by atoms with Crippen molar-refractivity contribution in [1.29, 1.82) is 0 Å². The van der Waals surface area contributed by atoms with Gasteiger partial charge in [-0.1, -0.05) is 72.3 Å². The number of hydrogen-bond acceptors (Lipinski definition) is 4. The highest BCUT2D eigenvalue weighted by Gasteiger charge is 2.27. The smallest absolute Gasteiger partial charge is 0.258 e. The first-order valence-corrected chi connectivity index (χ1v) is 10.8. The van der Waals surface area contributed by atoms with E-state index < -0.39 is 0 Å². The number of amides is 1. The lowest BCUT2D eigenvalue weighted by Crippen LogP contribution is -2.33. The van der Waals surface area contributed by atoms with Gasteiger partial charge in [-0.15, -0.1) is 5.10 Å². The summed E-state index contributed by atoms with van der Waals surface area (Å²) in [4.78, 5) is 12.8. The molecule has 7 heteroatoms. The van der Waals surface area contributed by atoms with Crippen LogP contribution in [0.2, 0.25) is 0 Å². The lowest BCUT2D eigenvalue weighted by Gasteiger charge is -2.23. The molecule has 0 radical (unpaired) electrons. The molecule has 2 heterocycles. The number of H-pyrrole nitrogens is 1. The molecule has 0 spiro atoms. The lowest BCUT2D eigenvalue weighted by molar-refractivity contribution is -0.118. The van der Waals surface area contributed by atoms with Gasteiger partial charge >= 0.3 is 0 Å². The van der Waals surface area contributed by atoms with Gasteiger partial charge in [0.2, 0.25) is 4.77 Å². The molecule has 0 saturated carbocycles. The molecule has 1 aliphatic rings. The molecular weight excluding hydrogens is 418 g/mol. The molecule has 1 aromatic heterocycles.